The van der Waals surface area contributed by atoms with Crippen molar-refractivity contribution in [2.24, 2.45) is 24.8 Å². The molecule has 8 heteroatoms. The minimum absolute atomic E-state index is 0.0947. The third kappa shape index (κ3) is 2.70. The lowest BCUT2D eigenvalue weighted by Crippen LogP contribution is -2.26. The summed E-state index contributed by atoms with van der Waals surface area (Å²) in [6, 6.07) is 2.63. The van der Waals surface area contributed by atoms with Gasteiger partial charge >= 0.3 is 0 Å². The van der Waals surface area contributed by atoms with Crippen LogP contribution in [-0.2, 0) is 7.05 Å². The fraction of sp³-hybridized carbons (Fsp3) is 0.421. The van der Waals surface area contributed by atoms with E-state index in [9.17, 15) is 13.6 Å². The molecule has 1 aromatic carbocycles. The maximum absolute atomic E-state index is 13.6. The van der Waals surface area contributed by atoms with Gasteiger partial charge in [0, 0.05) is 38.0 Å². The van der Waals surface area contributed by atoms with Crippen molar-refractivity contribution >= 4 is 16.9 Å². The van der Waals surface area contributed by atoms with Crippen LogP contribution in [0.2, 0.25) is 0 Å². The molecule has 3 aromatic rings. The molecule has 2 fully saturated rings. The van der Waals surface area contributed by atoms with Crippen molar-refractivity contribution in [3.05, 3.63) is 48.1 Å². The van der Waals surface area contributed by atoms with Crippen LogP contribution in [0.4, 0.5) is 8.78 Å². The molecule has 0 aliphatic heterocycles. The number of imidazole rings is 1. The number of nitrogens with zero attached hydrogens (tertiary/aromatic N) is 4. The van der Waals surface area contributed by atoms with Crippen molar-refractivity contribution in [3.63, 3.8) is 0 Å². The number of aryl methyl sites for hydroxylation is 1. The first-order valence-electron chi connectivity index (χ1n) is 9.09. The quantitative estimate of drug-likeness (QED) is 0.767. The summed E-state index contributed by atoms with van der Waals surface area (Å²) in [6.45, 7) is 0.667. The van der Waals surface area contributed by atoms with Crippen LogP contribution < -0.4 is 5.32 Å². The lowest BCUT2D eigenvalue weighted by Gasteiger charge is -2.17. The summed E-state index contributed by atoms with van der Waals surface area (Å²) in [5.41, 5.74) is 1.69. The fourth-order valence-electron chi connectivity index (χ4n) is 4.64. The SMILES string of the molecule is Cn1cc(C(=O)NC[C@@H]2[C@H]3C[C@H](n4cnc5cc(F)c(F)cc54)C[C@@H]23)cn1. The Morgan fingerprint density at radius 1 is 1.26 bits per heavy atom. The van der Waals surface area contributed by atoms with E-state index in [-0.39, 0.29) is 11.9 Å². The van der Waals surface area contributed by atoms with Gasteiger partial charge in [-0.1, -0.05) is 0 Å². The molecule has 0 bridgehead atoms. The topological polar surface area (TPSA) is 64.7 Å². The number of fused-ring (bicyclic) bond motifs is 2. The first kappa shape index (κ1) is 16.4. The Hall–Kier alpha value is -2.77. The first-order valence-corrected chi connectivity index (χ1v) is 9.09. The smallest absolute Gasteiger partial charge is 0.254 e. The Morgan fingerprint density at radius 3 is 2.70 bits per heavy atom. The van der Waals surface area contributed by atoms with E-state index in [0.29, 0.717) is 40.9 Å². The highest BCUT2D eigenvalue weighted by Crippen LogP contribution is 2.60. The molecule has 1 N–H and O–H groups in total. The third-order valence-corrected chi connectivity index (χ3v) is 6.07. The second-order valence-corrected chi connectivity index (χ2v) is 7.64. The van der Waals surface area contributed by atoms with E-state index in [0.717, 1.165) is 18.9 Å². The van der Waals surface area contributed by atoms with Gasteiger partial charge in [-0.2, -0.15) is 5.10 Å². The van der Waals surface area contributed by atoms with E-state index in [1.165, 1.54) is 6.07 Å². The summed E-state index contributed by atoms with van der Waals surface area (Å²) in [4.78, 5) is 16.3. The molecule has 2 heterocycles. The van der Waals surface area contributed by atoms with Crippen molar-refractivity contribution in [2.75, 3.05) is 6.54 Å². The number of benzene rings is 1. The van der Waals surface area contributed by atoms with Crippen LogP contribution in [0.3, 0.4) is 0 Å². The number of carbonyl (C=O) groups is 1. The number of hydrogen-bond donors (Lipinski definition) is 1. The van der Waals surface area contributed by atoms with Crippen LogP contribution in [0, 0.1) is 29.4 Å². The molecule has 2 aliphatic rings. The molecule has 1 amide bonds. The van der Waals surface area contributed by atoms with Gasteiger partial charge < -0.3 is 9.88 Å². The van der Waals surface area contributed by atoms with Gasteiger partial charge in [-0.15, -0.1) is 0 Å². The van der Waals surface area contributed by atoms with Crippen molar-refractivity contribution in [1.29, 1.82) is 0 Å². The van der Waals surface area contributed by atoms with E-state index >= 15 is 0 Å². The zero-order valence-corrected chi connectivity index (χ0v) is 14.8. The molecule has 0 saturated heterocycles. The summed E-state index contributed by atoms with van der Waals surface area (Å²) in [5, 5.41) is 7.00. The molecule has 0 radical (unpaired) electrons. The molecule has 5 rings (SSSR count). The summed E-state index contributed by atoms with van der Waals surface area (Å²) in [7, 11) is 1.78. The summed E-state index contributed by atoms with van der Waals surface area (Å²) < 4.78 is 30.5. The first-order chi connectivity index (χ1) is 13.0. The zero-order chi connectivity index (χ0) is 18.7. The molecule has 2 aromatic heterocycles. The Labute approximate surface area is 154 Å². The van der Waals surface area contributed by atoms with Gasteiger partial charge in [0.2, 0.25) is 0 Å². The van der Waals surface area contributed by atoms with Crippen LogP contribution in [0.5, 0.6) is 0 Å². The van der Waals surface area contributed by atoms with Gasteiger partial charge in [0.15, 0.2) is 11.6 Å². The Bertz CT molecular complexity index is 1030. The number of aromatic nitrogens is 4. The molecule has 4 atom stereocenters. The predicted molar refractivity (Wildman–Crippen MR) is 93.9 cm³/mol. The van der Waals surface area contributed by atoms with Crippen LogP contribution in [0.1, 0.15) is 29.2 Å². The van der Waals surface area contributed by atoms with E-state index in [1.807, 2.05) is 4.57 Å². The monoisotopic (exact) mass is 371 g/mol. The lowest BCUT2D eigenvalue weighted by molar-refractivity contribution is 0.0950. The van der Waals surface area contributed by atoms with Gasteiger partial charge in [-0.25, -0.2) is 13.8 Å². The Morgan fingerprint density at radius 2 is 2.00 bits per heavy atom. The highest BCUT2D eigenvalue weighted by molar-refractivity contribution is 5.93. The Balaban J connectivity index is 1.21. The minimum Gasteiger partial charge on any atom is -0.352 e. The normalized spacial score (nSPS) is 26.3. The highest BCUT2D eigenvalue weighted by atomic mass is 19.2. The maximum Gasteiger partial charge on any atom is 0.254 e. The molecule has 27 heavy (non-hydrogen) atoms. The van der Waals surface area contributed by atoms with Gasteiger partial charge in [-0.3, -0.25) is 9.48 Å². The molecule has 2 saturated carbocycles. The number of carbonyl (C=O) groups excluding carboxylic acids is 1. The zero-order valence-electron chi connectivity index (χ0n) is 14.8. The molecule has 6 nitrogen and oxygen atoms in total. The Kier molecular flexibility index (Phi) is 3.57. The van der Waals surface area contributed by atoms with Crippen molar-refractivity contribution < 1.29 is 13.6 Å². The van der Waals surface area contributed by atoms with E-state index < -0.39 is 11.6 Å². The highest BCUT2D eigenvalue weighted by Gasteiger charge is 2.56. The van der Waals surface area contributed by atoms with Gasteiger partial charge in [0.05, 0.1) is 29.1 Å². The average Bonchev–Trinajstić information content (AvgIpc) is 3.08. The molecule has 0 spiro atoms. The van der Waals surface area contributed by atoms with E-state index in [2.05, 4.69) is 15.4 Å². The largest absolute Gasteiger partial charge is 0.352 e. The third-order valence-electron chi connectivity index (χ3n) is 6.07. The molecular weight excluding hydrogens is 352 g/mol. The minimum atomic E-state index is -0.869. The average molecular weight is 371 g/mol. The summed E-state index contributed by atoms with van der Waals surface area (Å²) in [6.07, 6.45) is 6.89. The summed E-state index contributed by atoms with van der Waals surface area (Å²) in [5.74, 6) is -0.192. The van der Waals surface area contributed by atoms with Crippen molar-refractivity contribution in [1.82, 2.24) is 24.6 Å². The van der Waals surface area contributed by atoms with Gasteiger partial charge in [0.25, 0.3) is 5.91 Å². The molecule has 2 aliphatic carbocycles. The number of nitrogens with one attached hydrogen (secondary N) is 1. The van der Waals surface area contributed by atoms with Gasteiger partial charge in [0.1, 0.15) is 0 Å². The second-order valence-electron chi connectivity index (χ2n) is 7.64. The van der Waals surface area contributed by atoms with Crippen LogP contribution in [0.25, 0.3) is 11.0 Å². The standard InChI is InChI=1S/C19H19F2N5O/c1-25-8-10(6-24-25)19(27)22-7-14-12-2-11(3-13(12)14)26-9-23-17-4-15(20)16(21)5-18(17)26/h4-6,8-9,11-14H,2-3,7H2,1H3,(H,22,27)/t11-,12-,13+,14+. The van der Waals surface area contributed by atoms with E-state index in [1.54, 1.807) is 30.5 Å². The molecule has 140 valence electrons. The van der Waals surface area contributed by atoms with Crippen LogP contribution in [-0.4, -0.2) is 31.8 Å². The van der Waals surface area contributed by atoms with Crippen molar-refractivity contribution in [2.45, 2.75) is 18.9 Å². The number of amides is 1. The van der Waals surface area contributed by atoms with Gasteiger partial charge in [-0.05, 0) is 30.6 Å². The van der Waals surface area contributed by atoms with Crippen LogP contribution >= 0.6 is 0 Å². The number of halogens is 2. The molecule has 0 unspecified atom stereocenters. The van der Waals surface area contributed by atoms with Crippen LogP contribution in [0.15, 0.2) is 30.9 Å². The summed E-state index contributed by atoms with van der Waals surface area (Å²) >= 11 is 0. The molecular formula is C19H19F2N5O. The second kappa shape index (κ2) is 5.87. The van der Waals surface area contributed by atoms with Crippen molar-refractivity contribution in [3.8, 4) is 0 Å². The van der Waals surface area contributed by atoms with E-state index in [4.69, 9.17) is 0 Å². The number of hydrogen-bond acceptors (Lipinski definition) is 3. The lowest BCUT2D eigenvalue weighted by atomic mass is 10.1. The fourth-order valence-corrected chi connectivity index (χ4v) is 4.64. The maximum atomic E-state index is 13.6. The predicted octanol–water partition coefficient (Wildman–Crippen LogP) is 2.68. The number of rotatable bonds is 4.